The highest BCUT2D eigenvalue weighted by Gasteiger charge is 2.46. The molecule has 2 fully saturated rings. The first-order valence-electron chi connectivity index (χ1n) is 15.7. The van der Waals surface area contributed by atoms with E-state index in [0.29, 0.717) is 15.8 Å². The summed E-state index contributed by atoms with van der Waals surface area (Å²) in [7, 11) is 0. The predicted octanol–water partition coefficient (Wildman–Crippen LogP) is 7.77. The van der Waals surface area contributed by atoms with Gasteiger partial charge < -0.3 is 9.84 Å². The van der Waals surface area contributed by atoms with Crippen LogP contribution < -0.4 is 0 Å². The van der Waals surface area contributed by atoms with Crippen LogP contribution in [0.3, 0.4) is 0 Å². The number of hydrogen-bond donors (Lipinski definition) is 1. The Kier molecular flexibility index (Phi) is 13.3. The number of carbonyl (C=O) groups is 3. The third-order valence-electron chi connectivity index (χ3n) is 8.61. The summed E-state index contributed by atoms with van der Waals surface area (Å²) in [5.74, 6) is -0.658. The number of fused-ring (bicyclic) bond motifs is 2. The molecule has 1 spiro atoms. The van der Waals surface area contributed by atoms with Gasteiger partial charge in [0.1, 0.15) is 11.4 Å². The second kappa shape index (κ2) is 17.4. The van der Waals surface area contributed by atoms with Gasteiger partial charge in [-0.05, 0) is 45.3 Å². The number of halogens is 2. The van der Waals surface area contributed by atoms with E-state index in [4.69, 9.17) is 9.84 Å². The van der Waals surface area contributed by atoms with E-state index in [2.05, 4.69) is 74.3 Å². The van der Waals surface area contributed by atoms with Crippen molar-refractivity contribution in [2.75, 3.05) is 26.2 Å². The average Bonchev–Trinajstić information content (AvgIpc) is 3.35. The molecular weight excluding hydrogens is 680 g/mol. The molecule has 0 amide bonds. The first-order valence-corrected chi connectivity index (χ1v) is 16.5. The molecule has 246 valence electrons. The van der Waals surface area contributed by atoms with Crippen LogP contribution in [0.4, 0.5) is 0 Å². The lowest BCUT2D eigenvalue weighted by Gasteiger charge is -2.38. The van der Waals surface area contributed by atoms with Crippen LogP contribution in [0.2, 0.25) is 0 Å². The van der Waals surface area contributed by atoms with Gasteiger partial charge in [0.15, 0.2) is 0 Å². The van der Waals surface area contributed by atoms with Crippen LogP contribution in [-0.4, -0.2) is 58.8 Å². The summed E-state index contributed by atoms with van der Waals surface area (Å²) in [6.45, 7) is 5.70. The van der Waals surface area contributed by atoms with Crippen molar-refractivity contribution in [3.8, 4) is 0 Å². The Morgan fingerprint density at radius 3 is 1.72 bits per heavy atom. The molecule has 0 unspecified atom stereocenters. The summed E-state index contributed by atoms with van der Waals surface area (Å²) in [4.78, 5) is 38.3. The van der Waals surface area contributed by atoms with E-state index in [1.54, 1.807) is 24.3 Å². The molecule has 9 heteroatoms. The van der Waals surface area contributed by atoms with Crippen LogP contribution >= 0.6 is 28.3 Å². The molecule has 0 atom stereocenters. The van der Waals surface area contributed by atoms with Crippen molar-refractivity contribution in [2.24, 2.45) is 0 Å². The number of carboxylic acids is 1. The van der Waals surface area contributed by atoms with Crippen molar-refractivity contribution in [1.82, 2.24) is 9.80 Å². The number of aromatic carboxylic acids is 1. The first kappa shape index (κ1) is 36.0. The third-order valence-corrected chi connectivity index (χ3v) is 9.30. The number of carbonyl (C=O) groups excluding carboxylic acids is 2. The van der Waals surface area contributed by atoms with Crippen LogP contribution in [0.5, 0.6) is 0 Å². The van der Waals surface area contributed by atoms with Crippen molar-refractivity contribution < 1.29 is 24.2 Å². The molecule has 4 aromatic carbocycles. The zero-order valence-electron chi connectivity index (χ0n) is 26.2. The van der Waals surface area contributed by atoms with Gasteiger partial charge in [-0.2, -0.15) is 0 Å². The molecule has 0 radical (unpaired) electrons. The molecule has 4 aromatic rings. The van der Waals surface area contributed by atoms with Crippen LogP contribution in [0.1, 0.15) is 63.1 Å². The highest BCUT2D eigenvalue weighted by Crippen LogP contribution is 2.44. The van der Waals surface area contributed by atoms with Crippen molar-refractivity contribution in [2.45, 2.75) is 44.4 Å². The third kappa shape index (κ3) is 9.84. The molecule has 3 aliphatic rings. The summed E-state index contributed by atoms with van der Waals surface area (Å²) >= 11 is 3.12. The number of ether oxygens (including phenoxy) is 1. The zero-order chi connectivity index (χ0) is 32.4. The number of piperidine rings is 2. The smallest absolute Gasteiger partial charge is 0.339 e. The summed E-state index contributed by atoms with van der Waals surface area (Å²) in [5, 5.41) is 8.54. The topological polar surface area (TPSA) is 87.2 Å². The lowest BCUT2D eigenvalue weighted by Crippen LogP contribution is -2.42. The number of carboxylic acid groups (broad SMARTS) is 1. The minimum atomic E-state index is -0.910. The Balaban J connectivity index is 0.000000172. The molecule has 3 heterocycles. The van der Waals surface area contributed by atoms with Gasteiger partial charge in [0.2, 0.25) is 0 Å². The quantitative estimate of drug-likeness (QED) is 0.211. The van der Waals surface area contributed by atoms with Crippen LogP contribution in [0, 0.1) is 0 Å². The highest BCUT2D eigenvalue weighted by atomic mass is 79.9. The maximum absolute atomic E-state index is 12.1. The van der Waals surface area contributed by atoms with Gasteiger partial charge in [0, 0.05) is 75.0 Å². The molecule has 0 saturated carbocycles. The monoisotopic (exact) mass is 718 g/mol. The Morgan fingerprint density at radius 2 is 1.19 bits per heavy atom. The molecule has 7 nitrogen and oxygen atoms in total. The number of Topliss-reactive ketones (excluding diaryl/α,β-unsaturated/α-hetero) is 1. The van der Waals surface area contributed by atoms with Gasteiger partial charge in [-0.1, -0.05) is 91.0 Å². The maximum atomic E-state index is 12.1. The lowest BCUT2D eigenvalue weighted by molar-refractivity contribution is -0.121. The number of nitrogens with zero attached hydrogens (tertiary/aromatic N) is 2. The van der Waals surface area contributed by atoms with E-state index in [1.165, 1.54) is 11.1 Å². The van der Waals surface area contributed by atoms with Crippen LogP contribution in [0.25, 0.3) is 0 Å². The largest absolute Gasteiger partial charge is 0.478 e. The minimum absolute atomic E-state index is 0. The van der Waals surface area contributed by atoms with Gasteiger partial charge in [-0.15, -0.1) is 12.4 Å². The van der Waals surface area contributed by atoms with E-state index in [-0.39, 0.29) is 24.0 Å². The SMILES string of the molecule is Cl.O=C(O)c1ccccc1Br.O=C1CCN(Cc2ccccc2)CC1.O=C1OC2(CCN(Cc3ccccc3)CC2)c2ccccc21. The first-order chi connectivity index (χ1) is 22.3. The molecule has 47 heavy (non-hydrogen) atoms. The molecule has 3 aliphatic heterocycles. The Hall–Kier alpha value is -3.82. The van der Waals surface area contributed by atoms with Gasteiger partial charge in [0.05, 0.1) is 11.1 Å². The van der Waals surface area contributed by atoms with Crippen LogP contribution in [0.15, 0.2) is 114 Å². The number of hydrogen-bond acceptors (Lipinski definition) is 6. The summed E-state index contributed by atoms with van der Waals surface area (Å²) in [6, 6.07) is 35.5. The number of esters is 1. The standard InChI is InChI=1S/C19H19NO2.C12H15NO.C7H5BrO2.ClH/c21-18-16-8-4-5-9-17(16)19(22-18)10-12-20(13-11-19)14-15-6-2-1-3-7-15;14-12-6-8-13(9-7-12)10-11-4-2-1-3-5-11;8-6-4-2-1-3-5(6)7(9)10;/h1-9H,10-14H2;1-5H,6-10H2;1-4H,(H,9,10);1H. The van der Waals surface area contributed by atoms with Crippen LogP contribution in [-0.2, 0) is 28.2 Å². The fraction of sp³-hybridized carbons (Fsp3) is 0.289. The summed E-state index contributed by atoms with van der Waals surface area (Å²) < 4.78 is 6.41. The van der Waals surface area contributed by atoms with E-state index in [0.717, 1.165) is 76.1 Å². The van der Waals surface area contributed by atoms with Crippen molar-refractivity contribution in [3.05, 3.63) is 141 Å². The highest BCUT2D eigenvalue weighted by molar-refractivity contribution is 9.10. The molecule has 0 aromatic heterocycles. The molecular formula is C38H40BrClN2O5. The van der Waals surface area contributed by atoms with E-state index >= 15 is 0 Å². The minimum Gasteiger partial charge on any atom is -0.478 e. The fourth-order valence-corrected chi connectivity index (χ4v) is 6.52. The second-order valence-electron chi connectivity index (χ2n) is 11.8. The number of rotatable bonds is 5. The number of ketones is 1. The Morgan fingerprint density at radius 1 is 0.702 bits per heavy atom. The van der Waals surface area contributed by atoms with Crippen molar-refractivity contribution >= 4 is 46.1 Å². The van der Waals surface area contributed by atoms with Crippen molar-refractivity contribution in [1.29, 1.82) is 0 Å². The van der Waals surface area contributed by atoms with E-state index in [9.17, 15) is 14.4 Å². The van der Waals surface area contributed by atoms with Crippen molar-refractivity contribution in [3.63, 3.8) is 0 Å². The summed E-state index contributed by atoms with van der Waals surface area (Å²) in [5.41, 5.74) is 4.41. The molecule has 1 N–H and O–H groups in total. The van der Waals surface area contributed by atoms with Gasteiger partial charge >= 0.3 is 11.9 Å². The summed E-state index contributed by atoms with van der Waals surface area (Å²) in [6.07, 6.45) is 3.21. The maximum Gasteiger partial charge on any atom is 0.339 e. The predicted molar refractivity (Wildman–Crippen MR) is 189 cm³/mol. The van der Waals surface area contributed by atoms with Gasteiger partial charge in [-0.3, -0.25) is 14.6 Å². The number of benzene rings is 4. The Labute approximate surface area is 291 Å². The molecule has 2 saturated heterocycles. The zero-order valence-corrected chi connectivity index (χ0v) is 28.6. The normalized spacial score (nSPS) is 16.8. The fourth-order valence-electron chi connectivity index (χ4n) is 6.07. The van der Waals surface area contributed by atoms with E-state index in [1.807, 2.05) is 36.4 Å². The molecule has 0 aliphatic carbocycles. The average molecular weight is 720 g/mol. The van der Waals surface area contributed by atoms with Gasteiger partial charge in [0.25, 0.3) is 0 Å². The molecule has 7 rings (SSSR count). The van der Waals surface area contributed by atoms with Gasteiger partial charge in [-0.25, -0.2) is 9.59 Å². The number of likely N-dealkylation sites (tertiary alicyclic amines) is 2. The second-order valence-corrected chi connectivity index (χ2v) is 12.6. The lowest BCUT2D eigenvalue weighted by atomic mass is 9.83. The molecule has 0 bridgehead atoms. The Bertz CT molecular complexity index is 1620. The van der Waals surface area contributed by atoms with E-state index < -0.39 is 5.97 Å².